The van der Waals surface area contributed by atoms with Crippen LogP contribution >= 0.6 is 23.1 Å². The zero-order chi connectivity index (χ0) is 19.9. The molecule has 1 heterocycles. The van der Waals surface area contributed by atoms with E-state index in [-0.39, 0.29) is 10.9 Å². The van der Waals surface area contributed by atoms with E-state index in [1.165, 1.54) is 23.1 Å². The van der Waals surface area contributed by atoms with Crippen LogP contribution in [0.25, 0.3) is 0 Å². The van der Waals surface area contributed by atoms with Crippen LogP contribution in [0.15, 0.2) is 46.8 Å². The molecule has 0 aliphatic rings. The van der Waals surface area contributed by atoms with E-state index in [0.717, 1.165) is 17.7 Å². The molecule has 0 fully saturated rings. The first kappa shape index (κ1) is 19.7. The lowest BCUT2D eigenvalue weighted by Gasteiger charge is -2.06. The molecule has 142 valence electrons. The van der Waals surface area contributed by atoms with Crippen LogP contribution in [0.2, 0.25) is 0 Å². The van der Waals surface area contributed by atoms with E-state index in [9.17, 15) is 13.6 Å². The van der Waals surface area contributed by atoms with Crippen molar-refractivity contribution >= 4 is 34.1 Å². The minimum Gasteiger partial charge on any atom is -0.481 e. The summed E-state index contributed by atoms with van der Waals surface area (Å²) in [6.07, 6.45) is 0. The molecule has 0 aliphatic heterocycles. The van der Waals surface area contributed by atoms with Gasteiger partial charge in [0.05, 0.1) is 11.6 Å². The van der Waals surface area contributed by atoms with E-state index in [2.05, 4.69) is 21.6 Å². The van der Waals surface area contributed by atoms with Crippen LogP contribution < -0.4 is 10.1 Å². The van der Waals surface area contributed by atoms with Gasteiger partial charge in [-0.2, -0.15) is 5.26 Å². The quantitative estimate of drug-likeness (QED) is 0.461. The Morgan fingerprint density at radius 2 is 2.00 bits per heavy atom. The Kier molecular flexibility index (Phi) is 6.52. The monoisotopic (exact) mass is 418 g/mol. The van der Waals surface area contributed by atoms with Crippen LogP contribution in [0.4, 0.5) is 13.9 Å². The SMILES string of the molecule is N#Cc1ccc(CSc2nnc(NC(=O)COc3ccc(F)cc3F)s2)cc1. The average Bonchev–Trinajstić information content (AvgIpc) is 3.13. The summed E-state index contributed by atoms with van der Waals surface area (Å²) in [5.74, 6) is -1.73. The molecule has 1 amide bonds. The van der Waals surface area contributed by atoms with Crippen LogP contribution in [-0.2, 0) is 10.5 Å². The number of hydrogen-bond donors (Lipinski definition) is 1. The number of nitriles is 1. The van der Waals surface area contributed by atoms with Gasteiger partial charge in [0.25, 0.3) is 5.91 Å². The van der Waals surface area contributed by atoms with Gasteiger partial charge in [0, 0.05) is 11.8 Å². The third kappa shape index (κ3) is 5.48. The number of nitrogens with zero attached hydrogens (tertiary/aromatic N) is 3. The van der Waals surface area contributed by atoms with Crippen molar-refractivity contribution in [1.82, 2.24) is 10.2 Å². The zero-order valence-corrected chi connectivity index (χ0v) is 15.8. The summed E-state index contributed by atoms with van der Waals surface area (Å²) >= 11 is 2.63. The summed E-state index contributed by atoms with van der Waals surface area (Å²) in [7, 11) is 0. The normalized spacial score (nSPS) is 10.3. The summed E-state index contributed by atoms with van der Waals surface area (Å²) in [5, 5.41) is 19.4. The third-order valence-electron chi connectivity index (χ3n) is 3.35. The van der Waals surface area contributed by atoms with Gasteiger partial charge in [0.2, 0.25) is 5.13 Å². The molecule has 0 atom stereocenters. The van der Waals surface area contributed by atoms with Gasteiger partial charge in [0.15, 0.2) is 22.5 Å². The van der Waals surface area contributed by atoms with Gasteiger partial charge in [0.1, 0.15) is 5.82 Å². The summed E-state index contributed by atoms with van der Waals surface area (Å²) in [6, 6.07) is 12.1. The van der Waals surface area contributed by atoms with Crippen molar-refractivity contribution in [3.05, 3.63) is 65.2 Å². The molecule has 28 heavy (non-hydrogen) atoms. The molecule has 0 aliphatic carbocycles. The second-order valence-electron chi connectivity index (χ2n) is 5.38. The number of nitrogens with one attached hydrogen (secondary N) is 1. The highest BCUT2D eigenvalue weighted by Gasteiger charge is 2.11. The minimum atomic E-state index is -0.884. The first-order valence-electron chi connectivity index (χ1n) is 7.86. The van der Waals surface area contributed by atoms with Crippen molar-refractivity contribution in [2.24, 2.45) is 0 Å². The maximum Gasteiger partial charge on any atom is 0.264 e. The van der Waals surface area contributed by atoms with E-state index < -0.39 is 24.1 Å². The number of halogens is 2. The van der Waals surface area contributed by atoms with Gasteiger partial charge in [-0.3, -0.25) is 10.1 Å². The molecule has 3 rings (SSSR count). The first-order valence-corrected chi connectivity index (χ1v) is 9.67. The van der Waals surface area contributed by atoms with Gasteiger partial charge >= 0.3 is 0 Å². The Morgan fingerprint density at radius 3 is 2.71 bits per heavy atom. The average molecular weight is 418 g/mol. The number of amides is 1. The molecule has 0 saturated heterocycles. The predicted molar refractivity (Wildman–Crippen MR) is 101 cm³/mol. The van der Waals surface area contributed by atoms with Crippen LogP contribution in [0.5, 0.6) is 5.75 Å². The number of ether oxygens (including phenoxy) is 1. The van der Waals surface area contributed by atoms with Crippen LogP contribution in [0.3, 0.4) is 0 Å². The zero-order valence-electron chi connectivity index (χ0n) is 14.2. The molecular formula is C18H12F2N4O2S2. The lowest BCUT2D eigenvalue weighted by molar-refractivity contribution is -0.118. The Morgan fingerprint density at radius 1 is 1.21 bits per heavy atom. The number of rotatable bonds is 7. The van der Waals surface area contributed by atoms with Gasteiger partial charge in [-0.1, -0.05) is 35.2 Å². The molecule has 0 bridgehead atoms. The number of carbonyl (C=O) groups excluding carboxylic acids is 1. The maximum atomic E-state index is 13.5. The van der Waals surface area contributed by atoms with Crippen LogP contribution in [0.1, 0.15) is 11.1 Å². The molecule has 0 spiro atoms. The van der Waals surface area contributed by atoms with E-state index in [1.807, 2.05) is 12.1 Å². The molecule has 1 N–H and O–H groups in total. The van der Waals surface area contributed by atoms with E-state index in [1.54, 1.807) is 12.1 Å². The Labute approximate surface area is 167 Å². The summed E-state index contributed by atoms with van der Waals surface area (Å²) in [4.78, 5) is 11.9. The number of anilines is 1. The fraction of sp³-hybridized carbons (Fsp3) is 0.111. The number of hydrogen-bond acceptors (Lipinski definition) is 7. The number of carbonyl (C=O) groups is 1. The third-order valence-corrected chi connectivity index (χ3v) is 5.39. The molecule has 3 aromatic rings. The summed E-state index contributed by atoms with van der Waals surface area (Å²) in [5.41, 5.74) is 1.62. The second-order valence-corrected chi connectivity index (χ2v) is 7.58. The van der Waals surface area contributed by atoms with Gasteiger partial charge in [-0.05, 0) is 29.8 Å². The van der Waals surface area contributed by atoms with E-state index >= 15 is 0 Å². The van der Waals surface area contributed by atoms with Gasteiger partial charge in [-0.15, -0.1) is 10.2 Å². The van der Waals surface area contributed by atoms with Crippen molar-refractivity contribution < 1.29 is 18.3 Å². The minimum absolute atomic E-state index is 0.215. The van der Waals surface area contributed by atoms with Crippen LogP contribution in [0, 0.1) is 23.0 Å². The number of thioether (sulfide) groups is 1. The lowest BCUT2D eigenvalue weighted by atomic mass is 10.2. The largest absolute Gasteiger partial charge is 0.481 e. The van der Waals surface area contributed by atoms with Gasteiger partial charge in [-0.25, -0.2) is 8.78 Å². The molecule has 0 unspecified atom stereocenters. The van der Waals surface area contributed by atoms with Crippen molar-refractivity contribution in [2.45, 2.75) is 10.1 Å². The summed E-state index contributed by atoms with van der Waals surface area (Å²) in [6.45, 7) is -0.449. The first-order chi connectivity index (χ1) is 13.5. The highest BCUT2D eigenvalue weighted by Crippen LogP contribution is 2.28. The summed E-state index contributed by atoms with van der Waals surface area (Å²) < 4.78 is 32.0. The molecular weight excluding hydrogens is 406 g/mol. The highest BCUT2D eigenvalue weighted by atomic mass is 32.2. The van der Waals surface area contributed by atoms with Gasteiger partial charge < -0.3 is 4.74 Å². The van der Waals surface area contributed by atoms with Crippen LogP contribution in [-0.4, -0.2) is 22.7 Å². The molecule has 10 heteroatoms. The lowest BCUT2D eigenvalue weighted by Crippen LogP contribution is -2.20. The predicted octanol–water partition coefficient (Wildman–Crippen LogP) is 4.00. The van der Waals surface area contributed by atoms with E-state index in [0.29, 0.717) is 21.7 Å². The molecule has 0 radical (unpaired) electrons. The Balaban J connectivity index is 1.48. The van der Waals surface area contributed by atoms with Crippen molar-refractivity contribution in [3.63, 3.8) is 0 Å². The molecule has 0 saturated carbocycles. The topological polar surface area (TPSA) is 87.9 Å². The molecule has 2 aromatic carbocycles. The van der Waals surface area contributed by atoms with Crippen molar-refractivity contribution in [3.8, 4) is 11.8 Å². The highest BCUT2D eigenvalue weighted by molar-refractivity contribution is 8.00. The fourth-order valence-corrected chi connectivity index (χ4v) is 3.75. The number of benzene rings is 2. The number of aromatic nitrogens is 2. The standard InChI is InChI=1S/C18H12F2N4O2S2/c19-13-5-6-15(14(20)7-13)26-9-16(25)22-17-23-24-18(28-17)27-10-12-3-1-11(8-21)2-4-12/h1-7H,9-10H2,(H,22,23,25). The molecule has 6 nitrogen and oxygen atoms in total. The van der Waals surface area contributed by atoms with E-state index in [4.69, 9.17) is 10.00 Å². The van der Waals surface area contributed by atoms with Crippen molar-refractivity contribution in [2.75, 3.05) is 11.9 Å². The fourth-order valence-electron chi connectivity index (χ4n) is 2.03. The Bertz CT molecular complexity index is 1020. The second kappa shape index (κ2) is 9.25. The maximum absolute atomic E-state index is 13.5. The van der Waals surface area contributed by atoms with Crippen molar-refractivity contribution in [1.29, 1.82) is 5.26 Å². The Hall–Kier alpha value is -3.03. The smallest absolute Gasteiger partial charge is 0.264 e. The molecule has 1 aromatic heterocycles.